The number of phenols is 1. The second-order valence-electron chi connectivity index (χ2n) is 10.1. The Labute approximate surface area is 251 Å². The highest BCUT2D eigenvalue weighted by Gasteiger charge is 2.46. The number of carbonyl (C=O) groups excluding carboxylic acids is 1. The van der Waals surface area contributed by atoms with E-state index in [0.717, 1.165) is 0 Å². The summed E-state index contributed by atoms with van der Waals surface area (Å²) in [4.78, 5) is 13.0. The summed E-state index contributed by atoms with van der Waals surface area (Å²) in [6.45, 7) is 0.904. The number of benzene rings is 2. The fourth-order valence-electron chi connectivity index (χ4n) is 4.60. The van der Waals surface area contributed by atoms with Gasteiger partial charge in [0.1, 0.15) is 55.1 Å². The first-order valence-corrected chi connectivity index (χ1v) is 13.4. The third-order valence-electron chi connectivity index (χ3n) is 7.19. The lowest BCUT2D eigenvalue weighted by molar-refractivity contribution is -0.277. The number of hydrogen-bond donors (Lipinski definition) is 7. The second kappa shape index (κ2) is 14.0. The zero-order valence-corrected chi connectivity index (χ0v) is 24.2. The summed E-state index contributed by atoms with van der Waals surface area (Å²) in [5.41, 5.74) is -0.0881. The van der Waals surface area contributed by atoms with Gasteiger partial charge in [0.15, 0.2) is 23.0 Å². The number of aromatic hydroxyl groups is 1. The van der Waals surface area contributed by atoms with Gasteiger partial charge in [-0.2, -0.15) is 0 Å². The first kappa shape index (κ1) is 33.3. The second-order valence-corrected chi connectivity index (χ2v) is 10.1. The number of aliphatic hydroxyl groups excluding tert-OH is 6. The van der Waals surface area contributed by atoms with Crippen LogP contribution in [0, 0.1) is 0 Å². The minimum Gasteiger partial charge on any atom is -0.504 e. The summed E-state index contributed by atoms with van der Waals surface area (Å²) in [5, 5.41) is 71.4. The molecule has 16 heteroatoms. The van der Waals surface area contributed by atoms with E-state index < -0.39 is 74.0 Å². The number of hydrogen-bond acceptors (Lipinski definition) is 16. The third kappa shape index (κ3) is 6.87. The van der Waals surface area contributed by atoms with Crippen molar-refractivity contribution in [2.75, 3.05) is 27.9 Å². The first-order chi connectivity index (χ1) is 20.9. The number of methoxy groups -OCH3 is 3. The summed E-state index contributed by atoms with van der Waals surface area (Å²) in [7, 11) is 3.88. The van der Waals surface area contributed by atoms with Gasteiger partial charge in [0.25, 0.3) is 0 Å². The molecule has 2 saturated heterocycles. The molecule has 0 aliphatic carbocycles. The van der Waals surface area contributed by atoms with Crippen LogP contribution in [0.1, 0.15) is 17.3 Å². The summed E-state index contributed by atoms with van der Waals surface area (Å²) < 4.78 is 43.4. The molecule has 2 fully saturated rings. The van der Waals surface area contributed by atoms with Crippen LogP contribution < -0.4 is 23.7 Å². The van der Waals surface area contributed by atoms with Crippen LogP contribution in [-0.4, -0.2) is 131 Å². The Balaban J connectivity index is 1.46. The Morgan fingerprint density at radius 3 is 1.89 bits per heavy atom. The number of aliphatic hydroxyl groups is 6. The van der Waals surface area contributed by atoms with Crippen molar-refractivity contribution in [3.63, 3.8) is 0 Å². The molecular formula is C28H36O16. The fourth-order valence-corrected chi connectivity index (χ4v) is 4.60. The van der Waals surface area contributed by atoms with Gasteiger partial charge in [-0.05, 0) is 31.2 Å². The number of ether oxygens (including phenoxy) is 8. The Bertz CT molecular complexity index is 1260. The summed E-state index contributed by atoms with van der Waals surface area (Å²) in [6.07, 6.45) is -14.7. The summed E-state index contributed by atoms with van der Waals surface area (Å²) in [6, 6.07) is 6.45. The maximum absolute atomic E-state index is 13.0. The molecule has 2 aliphatic heterocycles. The molecular weight excluding hydrogens is 592 g/mol. The van der Waals surface area contributed by atoms with Crippen molar-refractivity contribution in [1.82, 2.24) is 0 Å². The average molecular weight is 629 g/mol. The number of rotatable bonds is 10. The molecule has 2 aliphatic rings. The zero-order valence-electron chi connectivity index (χ0n) is 24.2. The smallest absolute Gasteiger partial charge is 0.338 e. The third-order valence-corrected chi connectivity index (χ3v) is 7.19. The molecule has 44 heavy (non-hydrogen) atoms. The molecule has 2 aromatic carbocycles. The maximum Gasteiger partial charge on any atom is 0.338 e. The summed E-state index contributed by atoms with van der Waals surface area (Å²) >= 11 is 0. The lowest BCUT2D eigenvalue weighted by atomic mass is 9.99. The van der Waals surface area contributed by atoms with E-state index in [1.165, 1.54) is 58.6 Å². The van der Waals surface area contributed by atoms with Crippen LogP contribution in [0.5, 0.6) is 34.5 Å². The van der Waals surface area contributed by atoms with Gasteiger partial charge < -0.3 is 73.6 Å². The standard InChI is InChI=1S/C28H36O16/c1-11-19(30)21(32)23(34)27(41-11)44-25-16(38-3)7-12(8-17(25)39-4)26(36)40-10-18-20(31)22(33)24(35)28(43-18)42-13-5-6-14(29)15(9-13)37-2/h5-9,11,18-24,27-35H,10H2,1-4H3/t11-,18-,19+,20-,21-,22-,23-,24-,27+,28-/m1/s1. The van der Waals surface area contributed by atoms with Crippen molar-refractivity contribution < 1.29 is 78.4 Å². The van der Waals surface area contributed by atoms with Gasteiger partial charge in [0, 0.05) is 6.07 Å². The van der Waals surface area contributed by atoms with Crippen LogP contribution in [0.25, 0.3) is 0 Å². The highest BCUT2D eigenvalue weighted by atomic mass is 16.7. The van der Waals surface area contributed by atoms with E-state index in [1.807, 2.05) is 0 Å². The zero-order chi connectivity index (χ0) is 32.3. The largest absolute Gasteiger partial charge is 0.504 e. The normalized spacial score (nSPS) is 32.0. The van der Waals surface area contributed by atoms with E-state index in [2.05, 4.69) is 0 Å². The van der Waals surface area contributed by atoms with Crippen LogP contribution in [-0.2, 0) is 14.2 Å². The van der Waals surface area contributed by atoms with E-state index in [9.17, 15) is 40.5 Å². The molecule has 0 spiro atoms. The van der Waals surface area contributed by atoms with Crippen molar-refractivity contribution in [3.8, 4) is 34.5 Å². The van der Waals surface area contributed by atoms with Crippen LogP contribution >= 0.6 is 0 Å². The number of carbonyl (C=O) groups is 1. The van der Waals surface area contributed by atoms with Crippen LogP contribution in [0.4, 0.5) is 0 Å². The Hall–Kier alpha value is -3.61. The van der Waals surface area contributed by atoms with Crippen LogP contribution in [0.15, 0.2) is 30.3 Å². The SMILES string of the molecule is COc1cc(O[C@@H]2O[C@H](COC(=O)c3cc(OC)c(O[C@@H]4O[C@H](C)[C@H](O)[C@@H](O)[C@H]4O)c(OC)c3)[C@@H](O)[C@@H](O)[C@H]2O)ccc1O. The average Bonchev–Trinajstić information content (AvgIpc) is 3.02. The van der Waals surface area contributed by atoms with Gasteiger partial charge in [-0.1, -0.05) is 0 Å². The molecule has 0 aromatic heterocycles. The first-order valence-electron chi connectivity index (χ1n) is 13.4. The van der Waals surface area contributed by atoms with Gasteiger partial charge in [-0.15, -0.1) is 0 Å². The van der Waals surface area contributed by atoms with E-state index >= 15 is 0 Å². The van der Waals surface area contributed by atoms with E-state index in [0.29, 0.717) is 0 Å². The Morgan fingerprint density at radius 1 is 0.727 bits per heavy atom. The molecule has 10 atom stereocenters. The predicted molar refractivity (Wildman–Crippen MR) is 145 cm³/mol. The van der Waals surface area contributed by atoms with Crippen molar-refractivity contribution >= 4 is 5.97 Å². The van der Waals surface area contributed by atoms with Crippen molar-refractivity contribution in [2.45, 2.75) is 68.3 Å². The van der Waals surface area contributed by atoms with Gasteiger partial charge in [0.05, 0.1) is 33.0 Å². The minimum atomic E-state index is -1.73. The lowest BCUT2D eigenvalue weighted by Gasteiger charge is -2.39. The summed E-state index contributed by atoms with van der Waals surface area (Å²) in [5.74, 6) is -1.06. The fraction of sp³-hybridized carbons (Fsp3) is 0.536. The van der Waals surface area contributed by atoms with Crippen LogP contribution in [0.2, 0.25) is 0 Å². The predicted octanol–water partition coefficient (Wildman–Crippen LogP) is -1.33. The van der Waals surface area contributed by atoms with E-state index in [1.54, 1.807) is 0 Å². The highest BCUT2D eigenvalue weighted by molar-refractivity contribution is 5.91. The molecule has 2 aromatic rings. The molecule has 0 radical (unpaired) electrons. The topological polar surface area (TPSA) is 233 Å². The number of phenolic OH excluding ortho intramolecular Hbond substituents is 1. The molecule has 0 saturated carbocycles. The minimum absolute atomic E-state index is 0.0364. The van der Waals surface area contributed by atoms with E-state index in [4.69, 9.17) is 37.9 Å². The molecule has 16 nitrogen and oxygen atoms in total. The Kier molecular flexibility index (Phi) is 10.6. The maximum atomic E-state index is 13.0. The van der Waals surface area contributed by atoms with Gasteiger partial charge in [-0.25, -0.2) is 4.79 Å². The van der Waals surface area contributed by atoms with Crippen molar-refractivity contribution in [2.24, 2.45) is 0 Å². The van der Waals surface area contributed by atoms with Crippen LogP contribution in [0.3, 0.4) is 0 Å². The van der Waals surface area contributed by atoms with Crippen molar-refractivity contribution in [1.29, 1.82) is 0 Å². The highest BCUT2D eigenvalue weighted by Crippen LogP contribution is 2.41. The Morgan fingerprint density at radius 2 is 1.30 bits per heavy atom. The molecule has 0 bridgehead atoms. The lowest BCUT2D eigenvalue weighted by Crippen LogP contribution is -2.60. The molecule has 4 rings (SSSR count). The molecule has 2 heterocycles. The molecule has 7 N–H and O–H groups in total. The van der Waals surface area contributed by atoms with Gasteiger partial charge in [-0.3, -0.25) is 0 Å². The van der Waals surface area contributed by atoms with Crippen molar-refractivity contribution in [3.05, 3.63) is 35.9 Å². The molecule has 0 amide bonds. The molecule has 0 unspecified atom stereocenters. The number of esters is 1. The monoisotopic (exact) mass is 628 g/mol. The quantitative estimate of drug-likeness (QED) is 0.151. The molecule has 244 valence electrons. The van der Waals surface area contributed by atoms with Gasteiger partial charge >= 0.3 is 5.97 Å². The van der Waals surface area contributed by atoms with E-state index in [-0.39, 0.29) is 40.1 Å². The van der Waals surface area contributed by atoms with Gasteiger partial charge in [0.2, 0.25) is 18.3 Å².